The molecule has 1 heterocycles. The fourth-order valence-corrected chi connectivity index (χ4v) is 2.96. The van der Waals surface area contributed by atoms with Gasteiger partial charge < -0.3 is 24.8 Å². The number of carbonyl (C=O) groups is 1. The van der Waals surface area contributed by atoms with Crippen LogP contribution in [0.25, 0.3) is 5.57 Å². The van der Waals surface area contributed by atoms with E-state index in [9.17, 15) is 20.1 Å². The number of phenolic OH excluding ortho intramolecular Hbond substituents is 1. The Morgan fingerprint density at radius 1 is 1.38 bits per heavy atom. The van der Waals surface area contributed by atoms with E-state index in [1.807, 2.05) is 0 Å². The molecule has 0 saturated carbocycles. The van der Waals surface area contributed by atoms with Gasteiger partial charge in [0.05, 0.1) is 19.3 Å². The number of fused-ring (bicyclic) bond motifs is 3. The number of benzene rings is 1. The van der Waals surface area contributed by atoms with Crippen LogP contribution < -0.4 is 4.74 Å². The molecule has 1 aromatic rings. The minimum atomic E-state index is -1.05. The van der Waals surface area contributed by atoms with Crippen molar-refractivity contribution in [1.29, 1.82) is 0 Å². The molecule has 0 aromatic heterocycles. The highest BCUT2D eigenvalue weighted by atomic mass is 16.6. The average Bonchev–Trinajstić information content (AvgIpc) is 2.40. The lowest BCUT2D eigenvalue weighted by Gasteiger charge is -2.42. The summed E-state index contributed by atoms with van der Waals surface area (Å²) < 4.78 is 10.5. The van der Waals surface area contributed by atoms with Gasteiger partial charge in [-0.25, -0.2) is 4.79 Å². The third-order valence-corrected chi connectivity index (χ3v) is 4.04. The number of carbonyl (C=O) groups excluding carboxylic acids is 1. The number of aliphatic hydroxyl groups is 2. The zero-order chi connectivity index (χ0) is 15.4. The van der Waals surface area contributed by atoms with E-state index < -0.39 is 23.8 Å². The predicted molar refractivity (Wildman–Crippen MR) is 73.1 cm³/mol. The molecule has 6 heteroatoms. The fraction of sp³-hybridized carbons (Fsp3) is 0.400. The maximum Gasteiger partial charge on any atom is 0.343 e. The number of esters is 1. The Hall–Kier alpha value is -2.05. The van der Waals surface area contributed by atoms with Gasteiger partial charge in [0.1, 0.15) is 22.7 Å². The lowest BCUT2D eigenvalue weighted by molar-refractivity contribution is -0.0387. The van der Waals surface area contributed by atoms with Crippen molar-refractivity contribution in [3.63, 3.8) is 0 Å². The average molecular weight is 292 g/mol. The second-order valence-corrected chi connectivity index (χ2v) is 5.53. The molecule has 112 valence electrons. The number of rotatable bonds is 1. The number of hydrogen-bond donors (Lipinski definition) is 3. The van der Waals surface area contributed by atoms with Gasteiger partial charge >= 0.3 is 5.97 Å². The number of ether oxygens (including phenoxy) is 2. The van der Waals surface area contributed by atoms with Crippen LogP contribution in [-0.2, 0) is 4.74 Å². The number of phenols is 1. The topological polar surface area (TPSA) is 96.2 Å². The van der Waals surface area contributed by atoms with Gasteiger partial charge in [-0.3, -0.25) is 0 Å². The van der Waals surface area contributed by atoms with E-state index >= 15 is 0 Å². The summed E-state index contributed by atoms with van der Waals surface area (Å²) in [5.41, 5.74) is 0.0189. The van der Waals surface area contributed by atoms with Gasteiger partial charge in [0.15, 0.2) is 0 Å². The molecule has 21 heavy (non-hydrogen) atoms. The Morgan fingerprint density at radius 3 is 2.76 bits per heavy atom. The van der Waals surface area contributed by atoms with Gasteiger partial charge in [0.2, 0.25) is 0 Å². The second-order valence-electron chi connectivity index (χ2n) is 5.53. The van der Waals surface area contributed by atoms with Crippen molar-refractivity contribution in [2.45, 2.75) is 31.2 Å². The minimum Gasteiger partial charge on any atom is -0.507 e. The van der Waals surface area contributed by atoms with Crippen LogP contribution in [0.3, 0.4) is 0 Å². The van der Waals surface area contributed by atoms with Crippen LogP contribution in [0.2, 0.25) is 0 Å². The maximum atomic E-state index is 12.2. The molecule has 3 atom stereocenters. The van der Waals surface area contributed by atoms with E-state index in [1.165, 1.54) is 19.3 Å². The van der Waals surface area contributed by atoms with Gasteiger partial charge in [0, 0.05) is 23.6 Å². The van der Waals surface area contributed by atoms with E-state index in [0.29, 0.717) is 16.9 Å². The Bertz CT molecular complexity index is 650. The molecule has 1 unspecified atom stereocenters. The van der Waals surface area contributed by atoms with Gasteiger partial charge in [-0.2, -0.15) is 0 Å². The molecule has 0 fully saturated rings. The smallest absolute Gasteiger partial charge is 0.343 e. The summed E-state index contributed by atoms with van der Waals surface area (Å²) in [6.07, 6.45) is -0.514. The largest absolute Gasteiger partial charge is 0.507 e. The molecule has 3 N–H and O–H groups in total. The van der Waals surface area contributed by atoms with Gasteiger partial charge in [-0.15, -0.1) is 0 Å². The van der Waals surface area contributed by atoms with Crippen LogP contribution in [0.4, 0.5) is 0 Å². The van der Waals surface area contributed by atoms with Crippen LogP contribution in [0.1, 0.15) is 29.3 Å². The standard InChI is InChI=1S/C15H16O6/c1-15-6-12(18)10(16)5-9(15)8-3-7(20-2)4-11(17)13(8)14(19)21-15/h3-5,10,12,16-18H,6H2,1-2H3/t10-,12-,15?/m1/s1. The first kappa shape index (κ1) is 13.9. The van der Waals surface area contributed by atoms with E-state index in [-0.39, 0.29) is 17.7 Å². The lowest BCUT2D eigenvalue weighted by atomic mass is 9.75. The summed E-state index contributed by atoms with van der Waals surface area (Å²) in [5, 5.41) is 29.7. The molecule has 2 aliphatic rings. The van der Waals surface area contributed by atoms with Crippen molar-refractivity contribution in [2.24, 2.45) is 0 Å². The lowest BCUT2D eigenvalue weighted by Crippen LogP contribution is -2.47. The Labute approximate surface area is 121 Å². The highest BCUT2D eigenvalue weighted by Gasteiger charge is 2.47. The number of aromatic hydroxyl groups is 1. The zero-order valence-corrected chi connectivity index (χ0v) is 11.7. The molecular formula is C15H16O6. The SMILES string of the molecule is COc1cc(O)c2c(c1)C1=C[C@@H](O)[C@H](O)CC1(C)OC2=O. The minimum absolute atomic E-state index is 0.0446. The normalized spacial score (nSPS) is 30.9. The zero-order valence-electron chi connectivity index (χ0n) is 11.7. The molecule has 0 amide bonds. The molecule has 1 aromatic carbocycles. The molecule has 0 spiro atoms. The van der Waals surface area contributed by atoms with Crippen molar-refractivity contribution in [3.8, 4) is 11.5 Å². The predicted octanol–water partition coefficient (Wildman–Crippen LogP) is 0.839. The highest BCUT2D eigenvalue weighted by molar-refractivity contribution is 6.03. The summed E-state index contributed by atoms with van der Waals surface area (Å²) in [6, 6.07) is 2.95. The summed E-state index contributed by atoms with van der Waals surface area (Å²) in [5.74, 6) is -0.504. The fourth-order valence-electron chi connectivity index (χ4n) is 2.96. The first-order chi connectivity index (χ1) is 9.85. The molecular weight excluding hydrogens is 276 g/mol. The monoisotopic (exact) mass is 292 g/mol. The maximum absolute atomic E-state index is 12.2. The Morgan fingerprint density at radius 2 is 2.10 bits per heavy atom. The molecule has 0 radical (unpaired) electrons. The van der Waals surface area contributed by atoms with Crippen molar-refractivity contribution in [3.05, 3.63) is 29.3 Å². The summed E-state index contributed by atoms with van der Waals surface area (Å²) in [7, 11) is 1.45. The van der Waals surface area contributed by atoms with E-state index in [0.717, 1.165) is 0 Å². The van der Waals surface area contributed by atoms with Crippen molar-refractivity contribution in [2.75, 3.05) is 7.11 Å². The van der Waals surface area contributed by atoms with E-state index in [2.05, 4.69) is 0 Å². The Balaban J connectivity index is 2.26. The van der Waals surface area contributed by atoms with Crippen LogP contribution >= 0.6 is 0 Å². The van der Waals surface area contributed by atoms with Crippen molar-refractivity contribution < 1.29 is 29.6 Å². The van der Waals surface area contributed by atoms with Crippen molar-refractivity contribution >= 4 is 11.5 Å². The Kier molecular flexibility index (Phi) is 2.96. The molecule has 1 aliphatic heterocycles. The molecule has 6 nitrogen and oxygen atoms in total. The third kappa shape index (κ3) is 1.99. The molecule has 0 saturated heterocycles. The van der Waals surface area contributed by atoms with Crippen molar-refractivity contribution in [1.82, 2.24) is 0 Å². The van der Waals surface area contributed by atoms with Gasteiger partial charge in [-0.1, -0.05) is 0 Å². The third-order valence-electron chi connectivity index (χ3n) is 4.04. The summed E-state index contributed by atoms with van der Waals surface area (Å²) >= 11 is 0. The second kappa shape index (κ2) is 4.47. The van der Waals surface area contributed by atoms with Gasteiger partial charge in [0.25, 0.3) is 0 Å². The van der Waals surface area contributed by atoms with Crippen LogP contribution in [-0.4, -0.2) is 46.2 Å². The molecule has 1 aliphatic carbocycles. The highest BCUT2D eigenvalue weighted by Crippen LogP contribution is 2.47. The quantitative estimate of drug-likeness (QED) is 0.664. The van der Waals surface area contributed by atoms with E-state index in [1.54, 1.807) is 13.0 Å². The summed E-state index contributed by atoms with van der Waals surface area (Å²) in [4.78, 5) is 12.2. The van der Waals surface area contributed by atoms with Crippen LogP contribution in [0.15, 0.2) is 18.2 Å². The molecule has 0 bridgehead atoms. The molecule has 3 rings (SSSR count). The number of methoxy groups -OCH3 is 1. The first-order valence-corrected chi connectivity index (χ1v) is 6.59. The van der Waals surface area contributed by atoms with E-state index in [4.69, 9.17) is 9.47 Å². The van der Waals surface area contributed by atoms with Crippen LogP contribution in [0, 0.1) is 0 Å². The first-order valence-electron chi connectivity index (χ1n) is 6.59. The van der Waals surface area contributed by atoms with Gasteiger partial charge in [-0.05, 0) is 19.1 Å². The summed E-state index contributed by atoms with van der Waals surface area (Å²) in [6.45, 7) is 1.67. The number of hydrogen-bond acceptors (Lipinski definition) is 6. The van der Waals surface area contributed by atoms with Crippen LogP contribution in [0.5, 0.6) is 11.5 Å². The number of aliphatic hydroxyl groups excluding tert-OH is 2.